The standard InChI is InChI=1S/C27H22FN7O3/c1-15(31-24-23(20(29)12-13-30-24)26-32-16(2)34-38-26)25-33-21-11-10-19(28)18(9-6-14-36)22(21)27(37)35(25)17-7-4-3-5-8-17/h3-5,7-8,10-13,15,36H,14H2,1-2H3,(H3,29,30,31)/t15-/m0/s1. The molecule has 4 N–H and O–H groups in total. The van der Waals surface area contributed by atoms with Crippen molar-refractivity contribution in [2.75, 3.05) is 17.7 Å². The first-order valence-corrected chi connectivity index (χ1v) is 11.6. The number of nitrogens with zero attached hydrogens (tertiary/aromatic N) is 5. The molecule has 0 aliphatic rings. The molecule has 5 aromatic rings. The number of hydrogen-bond donors (Lipinski definition) is 3. The predicted molar refractivity (Wildman–Crippen MR) is 140 cm³/mol. The summed E-state index contributed by atoms with van der Waals surface area (Å²) in [4.78, 5) is 27.3. The number of para-hydroxylation sites is 1. The van der Waals surface area contributed by atoms with Crippen molar-refractivity contribution in [2.24, 2.45) is 0 Å². The number of aryl methyl sites for hydroxylation is 1. The maximum Gasteiger partial charge on any atom is 0.267 e. The van der Waals surface area contributed by atoms with Gasteiger partial charge in [0.25, 0.3) is 11.4 Å². The van der Waals surface area contributed by atoms with E-state index in [-0.39, 0.29) is 22.4 Å². The quantitative estimate of drug-likeness (QED) is 0.302. The van der Waals surface area contributed by atoms with Gasteiger partial charge >= 0.3 is 0 Å². The molecule has 2 aromatic carbocycles. The van der Waals surface area contributed by atoms with E-state index in [2.05, 4.69) is 32.3 Å². The van der Waals surface area contributed by atoms with Crippen molar-refractivity contribution in [3.63, 3.8) is 0 Å². The first-order valence-electron chi connectivity index (χ1n) is 11.6. The van der Waals surface area contributed by atoms with Gasteiger partial charge in [0.1, 0.15) is 29.6 Å². The molecule has 0 bridgehead atoms. The third-order valence-electron chi connectivity index (χ3n) is 5.79. The van der Waals surface area contributed by atoms with E-state index in [1.54, 1.807) is 44.2 Å². The van der Waals surface area contributed by atoms with Gasteiger partial charge in [-0.05, 0) is 44.2 Å². The van der Waals surface area contributed by atoms with Crippen LogP contribution in [-0.2, 0) is 0 Å². The van der Waals surface area contributed by atoms with Gasteiger partial charge in [-0.2, -0.15) is 4.98 Å². The van der Waals surface area contributed by atoms with Crippen LogP contribution in [0.4, 0.5) is 15.9 Å². The molecule has 3 aromatic heterocycles. The van der Waals surface area contributed by atoms with Gasteiger partial charge in [-0.3, -0.25) is 9.36 Å². The number of nitrogens with one attached hydrogen (secondary N) is 1. The van der Waals surface area contributed by atoms with Crippen LogP contribution in [0, 0.1) is 24.6 Å². The molecule has 10 nitrogen and oxygen atoms in total. The number of aliphatic hydroxyl groups excluding tert-OH is 1. The molecule has 0 saturated heterocycles. The summed E-state index contributed by atoms with van der Waals surface area (Å²) in [6.45, 7) is 3.01. The summed E-state index contributed by atoms with van der Waals surface area (Å²) in [5.41, 5.74) is 7.14. The molecular weight excluding hydrogens is 489 g/mol. The second-order valence-electron chi connectivity index (χ2n) is 8.36. The van der Waals surface area contributed by atoms with Gasteiger partial charge in [-0.15, -0.1) is 0 Å². The molecule has 0 spiro atoms. The maximum absolute atomic E-state index is 14.7. The van der Waals surface area contributed by atoms with E-state index in [0.717, 1.165) is 0 Å². The summed E-state index contributed by atoms with van der Waals surface area (Å²) in [6.07, 6.45) is 1.53. The molecule has 38 heavy (non-hydrogen) atoms. The fraction of sp³-hybridized carbons (Fsp3) is 0.148. The minimum atomic E-state index is -0.681. The van der Waals surface area contributed by atoms with Crippen LogP contribution >= 0.6 is 0 Å². The summed E-state index contributed by atoms with van der Waals surface area (Å²) in [7, 11) is 0. The number of anilines is 2. The molecule has 0 aliphatic carbocycles. The summed E-state index contributed by atoms with van der Waals surface area (Å²) >= 11 is 0. The molecule has 5 rings (SSSR count). The Kier molecular flexibility index (Phi) is 6.55. The number of rotatable bonds is 5. The lowest BCUT2D eigenvalue weighted by molar-refractivity contribution is 0.350. The number of fused-ring (bicyclic) bond motifs is 1. The summed E-state index contributed by atoms with van der Waals surface area (Å²) in [5.74, 6) is 5.60. The number of aliphatic hydroxyl groups is 1. The number of halogens is 1. The number of pyridine rings is 1. The highest BCUT2D eigenvalue weighted by Crippen LogP contribution is 2.33. The zero-order valence-corrected chi connectivity index (χ0v) is 20.4. The molecule has 0 fully saturated rings. The van der Waals surface area contributed by atoms with Crippen LogP contribution in [0.2, 0.25) is 0 Å². The Bertz CT molecular complexity index is 1770. The molecule has 190 valence electrons. The molecule has 0 aliphatic heterocycles. The first kappa shape index (κ1) is 24.6. The van der Waals surface area contributed by atoms with Crippen molar-refractivity contribution in [2.45, 2.75) is 19.9 Å². The van der Waals surface area contributed by atoms with Crippen molar-refractivity contribution in [1.29, 1.82) is 0 Å². The van der Waals surface area contributed by atoms with Gasteiger partial charge in [0.2, 0.25) is 0 Å². The van der Waals surface area contributed by atoms with Gasteiger partial charge in [0.05, 0.1) is 28.2 Å². The fourth-order valence-corrected chi connectivity index (χ4v) is 4.11. The van der Waals surface area contributed by atoms with E-state index < -0.39 is 24.0 Å². The Morgan fingerprint density at radius 3 is 2.68 bits per heavy atom. The normalized spacial score (nSPS) is 11.7. The second kappa shape index (κ2) is 10.1. The molecular formula is C27H22FN7O3. The zero-order chi connectivity index (χ0) is 26.8. The lowest BCUT2D eigenvalue weighted by Gasteiger charge is -2.21. The van der Waals surface area contributed by atoms with Crippen LogP contribution in [-0.4, -0.2) is 36.4 Å². The molecule has 0 amide bonds. The van der Waals surface area contributed by atoms with Crippen molar-refractivity contribution in [3.05, 3.63) is 88.1 Å². The SMILES string of the molecule is Cc1noc(-c2c(N)ccnc2N[C@@H](C)c2nc3ccc(F)c(C#CCO)c3c(=O)n2-c2ccccc2)n1. The highest BCUT2D eigenvalue weighted by molar-refractivity contribution is 5.85. The van der Waals surface area contributed by atoms with Gasteiger partial charge < -0.3 is 20.7 Å². The lowest BCUT2D eigenvalue weighted by Crippen LogP contribution is -2.28. The Morgan fingerprint density at radius 1 is 1.18 bits per heavy atom. The van der Waals surface area contributed by atoms with Crippen molar-refractivity contribution in [3.8, 4) is 29.0 Å². The van der Waals surface area contributed by atoms with Gasteiger partial charge in [-0.1, -0.05) is 35.2 Å². The molecule has 11 heteroatoms. The highest BCUT2D eigenvalue weighted by Gasteiger charge is 2.23. The van der Waals surface area contributed by atoms with Gasteiger partial charge in [0, 0.05) is 11.9 Å². The summed E-state index contributed by atoms with van der Waals surface area (Å²) < 4.78 is 21.5. The molecule has 0 saturated carbocycles. The lowest BCUT2D eigenvalue weighted by atomic mass is 10.1. The Balaban J connectivity index is 1.71. The maximum atomic E-state index is 14.7. The molecule has 0 unspecified atom stereocenters. The number of nitrogen functional groups attached to an aromatic ring is 1. The monoisotopic (exact) mass is 511 g/mol. The minimum absolute atomic E-state index is 0.00913. The van der Waals surface area contributed by atoms with Crippen LogP contribution in [0.1, 0.15) is 30.2 Å². The average Bonchev–Trinajstić information content (AvgIpc) is 3.34. The Hall–Kier alpha value is -5.08. The largest absolute Gasteiger partial charge is 0.398 e. The highest BCUT2D eigenvalue weighted by atomic mass is 19.1. The average molecular weight is 512 g/mol. The second-order valence-corrected chi connectivity index (χ2v) is 8.36. The molecule has 3 heterocycles. The van der Waals surface area contributed by atoms with E-state index in [4.69, 9.17) is 20.3 Å². The Morgan fingerprint density at radius 2 is 1.97 bits per heavy atom. The number of aromatic nitrogens is 5. The first-order chi connectivity index (χ1) is 18.4. The Labute approximate surface area is 216 Å². The van der Waals surface area contributed by atoms with Gasteiger partial charge in [-0.25, -0.2) is 14.4 Å². The third-order valence-corrected chi connectivity index (χ3v) is 5.79. The van der Waals surface area contributed by atoms with Gasteiger partial charge in [0.15, 0.2) is 5.82 Å². The van der Waals surface area contributed by atoms with E-state index in [0.29, 0.717) is 34.4 Å². The van der Waals surface area contributed by atoms with E-state index in [1.807, 2.05) is 6.07 Å². The van der Waals surface area contributed by atoms with Crippen LogP contribution in [0.25, 0.3) is 28.0 Å². The topological polar surface area (TPSA) is 145 Å². The number of hydrogen-bond acceptors (Lipinski definition) is 9. The number of benzene rings is 2. The third kappa shape index (κ3) is 4.44. The van der Waals surface area contributed by atoms with Crippen LogP contribution < -0.4 is 16.6 Å². The van der Waals surface area contributed by atoms with E-state index in [9.17, 15) is 9.18 Å². The smallest absolute Gasteiger partial charge is 0.267 e. The van der Waals surface area contributed by atoms with Crippen LogP contribution in [0.15, 0.2) is 64.0 Å². The fourth-order valence-electron chi connectivity index (χ4n) is 4.11. The van der Waals surface area contributed by atoms with E-state index >= 15 is 0 Å². The van der Waals surface area contributed by atoms with E-state index in [1.165, 1.54) is 22.9 Å². The summed E-state index contributed by atoms with van der Waals surface area (Å²) in [6, 6.07) is 12.5. The summed E-state index contributed by atoms with van der Waals surface area (Å²) in [5, 5.41) is 16.2. The molecule has 1 atom stereocenters. The van der Waals surface area contributed by atoms with Crippen molar-refractivity contribution in [1.82, 2.24) is 24.7 Å². The zero-order valence-electron chi connectivity index (χ0n) is 20.4. The number of nitrogens with two attached hydrogens (primary N) is 1. The van der Waals surface area contributed by atoms with Crippen LogP contribution in [0.3, 0.4) is 0 Å². The van der Waals surface area contributed by atoms with Crippen molar-refractivity contribution < 1.29 is 14.0 Å². The van der Waals surface area contributed by atoms with Crippen LogP contribution in [0.5, 0.6) is 0 Å². The predicted octanol–water partition coefficient (Wildman–Crippen LogP) is 3.38. The van der Waals surface area contributed by atoms with Crippen molar-refractivity contribution >= 4 is 22.4 Å². The minimum Gasteiger partial charge on any atom is -0.398 e. The molecule has 0 radical (unpaired) electrons.